The standard InChI is InChI=1S/C18H8F2N2OS/c19-14-4-2-11(8-15(14)20)23-18-13-5-6-24-17(13)12-3-1-10(9-21)7-16(12)22-18/h1-8H. The Bertz CT molecular complexity index is 1130. The lowest BCUT2D eigenvalue weighted by atomic mass is 10.1. The lowest BCUT2D eigenvalue weighted by molar-refractivity contribution is 0.454. The van der Waals surface area contributed by atoms with Crippen LogP contribution in [0, 0.1) is 23.0 Å². The predicted molar refractivity (Wildman–Crippen MR) is 88.3 cm³/mol. The van der Waals surface area contributed by atoms with Gasteiger partial charge in [0.1, 0.15) is 5.75 Å². The zero-order chi connectivity index (χ0) is 16.7. The van der Waals surface area contributed by atoms with Crippen molar-refractivity contribution in [3.63, 3.8) is 0 Å². The molecule has 2 heterocycles. The second-order valence-corrected chi connectivity index (χ2v) is 6.02. The SMILES string of the molecule is N#Cc1ccc2c(c1)nc(Oc1ccc(F)c(F)c1)c1ccsc12. The minimum Gasteiger partial charge on any atom is -0.438 e. The third-order valence-electron chi connectivity index (χ3n) is 3.59. The highest BCUT2D eigenvalue weighted by atomic mass is 32.1. The highest BCUT2D eigenvalue weighted by molar-refractivity contribution is 7.18. The van der Waals surface area contributed by atoms with E-state index in [9.17, 15) is 8.78 Å². The molecule has 0 radical (unpaired) electrons. The summed E-state index contributed by atoms with van der Waals surface area (Å²) in [5.74, 6) is -1.47. The predicted octanol–water partition coefficient (Wildman–Crippen LogP) is 5.39. The minimum absolute atomic E-state index is 0.157. The molecule has 0 atom stereocenters. The number of fused-ring (bicyclic) bond motifs is 3. The molecule has 24 heavy (non-hydrogen) atoms. The molecule has 3 nitrogen and oxygen atoms in total. The van der Waals surface area contributed by atoms with Crippen molar-refractivity contribution in [1.82, 2.24) is 4.98 Å². The van der Waals surface area contributed by atoms with Crippen LogP contribution >= 0.6 is 11.3 Å². The van der Waals surface area contributed by atoms with Gasteiger partial charge in [0, 0.05) is 16.2 Å². The third kappa shape index (κ3) is 2.36. The van der Waals surface area contributed by atoms with Crippen molar-refractivity contribution in [2.24, 2.45) is 0 Å². The first-order valence-electron chi connectivity index (χ1n) is 6.99. The molecule has 2 aromatic heterocycles. The molecular weight excluding hydrogens is 330 g/mol. The zero-order valence-corrected chi connectivity index (χ0v) is 12.9. The van der Waals surface area contributed by atoms with E-state index in [-0.39, 0.29) is 5.75 Å². The summed E-state index contributed by atoms with van der Waals surface area (Å²) < 4.78 is 33.1. The van der Waals surface area contributed by atoms with Gasteiger partial charge in [0.15, 0.2) is 11.6 Å². The highest BCUT2D eigenvalue weighted by Crippen LogP contribution is 2.37. The second kappa shape index (κ2) is 5.55. The van der Waals surface area contributed by atoms with Gasteiger partial charge in [-0.25, -0.2) is 13.8 Å². The van der Waals surface area contributed by atoms with Gasteiger partial charge in [-0.1, -0.05) is 6.07 Å². The number of aromatic nitrogens is 1. The van der Waals surface area contributed by atoms with Crippen LogP contribution in [0.1, 0.15) is 5.56 Å². The van der Waals surface area contributed by atoms with E-state index < -0.39 is 11.6 Å². The van der Waals surface area contributed by atoms with Crippen LogP contribution in [0.15, 0.2) is 47.8 Å². The number of nitriles is 1. The number of hydrogen-bond acceptors (Lipinski definition) is 4. The summed E-state index contributed by atoms with van der Waals surface area (Å²) in [7, 11) is 0. The Labute approximate surface area is 139 Å². The van der Waals surface area contributed by atoms with Crippen molar-refractivity contribution in [3.05, 3.63) is 65.0 Å². The summed E-state index contributed by atoms with van der Waals surface area (Å²) in [5.41, 5.74) is 1.10. The monoisotopic (exact) mass is 338 g/mol. The Morgan fingerprint density at radius 2 is 1.88 bits per heavy atom. The fraction of sp³-hybridized carbons (Fsp3) is 0. The molecule has 0 saturated carbocycles. The molecule has 0 spiro atoms. The summed E-state index contributed by atoms with van der Waals surface area (Å²) in [4.78, 5) is 4.45. The summed E-state index contributed by atoms with van der Waals surface area (Å²) in [5, 5.41) is 12.6. The normalized spacial score (nSPS) is 10.9. The van der Waals surface area contributed by atoms with Gasteiger partial charge in [-0.05, 0) is 35.7 Å². The Balaban J connectivity index is 1.90. The van der Waals surface area contributed by atoms with Crippen LogP contribution < -0.4 is 4.74 Å². The number of rotatable bonds is 2. The topological polar surface area (TPSA) is 45.9 Å². The Hall–Kier alpha value is -3.04. The molecule has 0 aliphatic carbocycles. The molecule has 116 valence electrons. The van der Waals surface area contributed by atoms with Gasteiger partial charge in [0.2, 0.25) is 5.88 Å². The quantitative estimate of drug-likeness (QED) is 0.492. The summed E-state index contributed by atoms with van der Waals surface area (Å²) in [6.45, 7) is 0. The molecule has 0 fully saturated rings. The van der Waals surface area contributed by atoms with Crippen LogP contribution in [0.4, 0.5) is 8.78 Å². The van der Waals surface area contributed by atoms with Gasteiger partial charge in [0.05, 0.1) is 22.5 Å². The molecule has 6 heteroatoms. The number of thiophene rings is 1. The Morgan fingerprint density at radius 3 is 2.67 bits per heavy atom. The average molecular weight is 338 g/mol. The van der Waals surface area contributed by atoms with Crippen molar-refractivity contribution in [2.45, 2.75) is 0 Å². The molecule has 0 bridgehead atoms. The van der Waals surface area contributed by atoms with Gasteiger partial charge >= 0.3 is 0 Å². The maximum absolute atomic E-state index is 13.4. The Kier molecular flexibility index (Phi) is 3.36. The van der Waals surface area contributed by atoms with Crippen LogP contribution in [0.3, 0.4) is 0 Å². The maximum atomic E-state index is 13.4. The number of hydrogen-bond donors (Lipinski definition) is 0. The Morgan fingerprint density at radius 1 is 1.00 bits per heavy atom. The lowest BCUT2D eigenvalue weighted by Gasteiger charge is -2.09. The molecule has 0 amide bonds. The number of nitrogens with zero attached hydrogens (tertiary/aromatic N) is 2. The summed E-state index contributed by atoms with van der Waals surface area (Å²) in [6, 6.07) is 12.5. The van der Waals surface area contributed by atoms with Crippen LogP contribution in [0.5, 0.6) is 11.6 Å². The van der Waals surface area contributed by atoms with E-state index in [4.69, 9.17) is 10.00 Å². The van der Waals surface area contributed by atoms with Crippen LogP contribution in [0.2, 0.25) is 0 Å². The molecule has 0 aliphatic rings. The smallest absolute Gasteiger partial charge is 0.228 e. The molecule has 2 aromatic carbocycles. The van der Waals surface area contributed by atoms with Gasteiger partial charge < -0.3 is 4.74 Å². The van der Waals surface area contributed by atoms with E-state index in [0.29, 0.717) is 17.0 Å². The average Bonchev–Trinajstić information content (AvgIpc) is 3.08. The molecule has 4 aromatic rings. The van der Waals surface area contributed by atoms with E-state index in [1.807, 2.05) is 17.5 Å². The fourth-order valence-corrected chi connectivity index (χ4v) is 3.39. The second-order valence-electron chi connectivity index (χ2n) is 5.10. The lowest BCUT2D eigenvalue weighted by Crippen LogP contribution is -1.92. The highest BCUT2D eigenvalue weighted by Gasteiger charge is 2.13. The minimum atomic E-state index is -0.985. The third-order valence-corrected chi connectivity index (χ3v) is 4.54. The molecular formula is C18H8F2N2OS. The summed E-state index contributed by atoms with van der Waals surface area (Å²) in [6.07, 6.45) is 0. The number of pyridine rings is 1. The van der Waals surface area contributed by atoms with Crippen molar-refractivity contribution >= 4 is 32.3 Å². The first-order chi connectivity index (χ1) is 11.7. The number of benzene rings is 2. The molecule has 0 N–H and O–H groups in total. The maximum Gasteiger partial charge on any atom is 0.228 e. The van der Waals surface area contributed by atoms with Gasteiger partial charge in [0.25, 0.3) is 0 Å². The first-order valence-corrected chi connectivity index (χ1v) is 7.87. The van der Waals surface area contributed by atoms with Gasteiger partial charge in [-0.2, -0.15) is 5.26 Å². The van der Waals surface area contributed by atoms with E-state index in [2.05, 4.69) is 11.1 Å². The molecule has 0 unspecified atom stereocenters. The van der Waals surface area contributed by atoms with Crippen molar-refractivity contribution < 1.29 is 13.5 Å². The van der Waals surface area contributed by atoms with Gasteiger partial charge in [-0.3, -0.25) is 0 Å². The largest absolute Gasteiger partial charge is 0.438 e. The molecule has 0 aliphatic heterocycles. The van der Waals surface area contributed by atoms with Crippen LogP contribution in [0.25, 0.3) is 21.0 Å². The first kappa shape index (κ1) is 14.5. The fourth-order valence-electron chi connectivity index (χ4n) is 2.47. The van der Waals surface area contributed by atoms with E-state index in [1.165, 1.54) is 17.4 Å². The number of halogens is 2. The van der Waals surface area contributed by atoms with Crippen LogP contribution in [-0.4, -0.2) is 4.98 Å². The van der Waals surface area contributed by atoms with Crippen LogP contribution in [-0.2, 0) is 0 Å². The molecule has 0 saturated heterocycles. The van der Waals surface area contributed by atoms with Crippen molar-refractivity contribution in [3.8, 4) is 17.7 Å². The summed E-state index contributed by atoms with van der Waals surface area (Å²) >= 11 is 1.52. The van der Waals surface area contributed by atoms with Gasteiger partial charge in [-0.15, -0.1) is 11.3 Å². The van der Waals surface area contributed by atoms with E-state index in [1.54, 1.807) is 12.1 Å². The van der Waals surface area contributed by atoms with E-state index >= 15 is 0 Å². The molecule has 4 rings (SSSR count). The van der Waals surface area contributed by atoms with E-state index in [0.717, 1.165) is 27.6 Å². The van der Waals surface area contributed by atoms with Crippen molar-refractivity contribution in [1.29, 1.82) is 5.26 Å². The number of ether oxygens (including phenoxy) is 1. The zero-order valence-electron chi connectivity index (χ0n) is 12.1. The van der Waals surface area contributed by atoms with Crippen molar-refractivity contribution in [2.75, 3.05) is 0 Å².